The number of carbonyl (C=O) groups excluding carboxylic acids is 1. The summed E-state index contributed by atoms with van der Waals surface area (Å²) >= 11 is 14.7. The van der Waals surface area contributed by atoms with Gasteiger partial charge in [-0.05, 0) is 64.5 Å². The summed E-state index contributed by atoms with van der Waals surface area (Å²) in [5, 5.41) is -0.390. The van der Waals surface area contributed by atoms with Gasteiger partial charge in [-0.2, -0.15) is 26.3 Å². The number of benzene rings is 2. The summed E-state index contributed by atoms with van der Waals surface area (Å²) in [6.45, 7) is 0. The van der Waals surface area contributed by atoms with Crippen molar-refractivity contribution in [1.29, 1.82) is 0 Å². The summed E-state index contributed by atoms with van der Waals surface area (Å²) in [6, 6.07) is 3.48. The number of hydrogen-bond acceptors (Lipinski definition) is 1. The number of rotatable bonds is 6. The van der Waals surface area contributed by atoms with Crippen molar-refractivity contribution >= 4 is 50.7 Å². The Bertz CT molecular complexity index is 1210. The summed E-state index contributed by atoms with van der Waals surface area (Å²) in [6.07, 6.45) is -11.6. The zero-order valence-corrected chi connectivity index (χ0v) is 22.2. The molecule has 0 spiro atoms. The van der Waals surface area contributed by atoms with Gasteiger partial charge in [0.25, 0.3) is 0 Å². The maximum absolute atomic E-state index is 15.0. The van der Waals surface area contributed by atoms with Gasteiger partial charge in [-0.1, -0.05) is 35.3 Å². The topological polar surface area (TPSA) is 17.1 Å². The molecule has 0 amide bonds. The summed E-state index contributed by atoms with van der Waals surface area (Å²) in [7, 11) is 0. The highest BCUT2D eigenvalue weighted by molar-refractivity contribution is 9.10. The number of Topliss-reactive ketones (excluding diaryl/α,β-unsaturated/α-hetero) is 1. The van der Waals surface area contributed by atoms with Crippen LogP contribution in [0.4, 0.5) is 39.5 Å². The zero-order valence-electron chi connectivity index (χ0n) is 19.1. The van der Waals surface area contributed by atoms with Gasteiger partial charge in [-0.25, -0.2) is 13.2 Å². The fourth-order valence-corrected chi connectivity index (χ4v) is 4.96. The molecule has 2 aromatic rings. The Balaban J connectivity index is 1.96. The third kappa shape index (κ3) is 7.47. The van der Waals surface area contributed by atoms with Crippen molar-refractivity contribution in [2.24, 2.45) is 5.92 Å². The Kier molecular flexibility index (Phi) is 9.25. The van der Waals surface area contributed by atoms with Crippen LogP contribution in [-0.2, 0) is 6.18 Å². The summed E-state index contributed by atoms with van der Waals surface area (Å²) < 4.78 is 124. The average molecular weight is 656 g/mol. The van der Waals surface area contributed by atoms with Crippen molar-refractivity contribution in [2.75, 3.05) is 0 Å². The Morgan fingerprint density at radius 2 is 1.58 bits per heavy atom. The molecule has 0 heterocycles. The molecule has 2 aromatic carbocycles. The Hall–Kier alpha value is -1.72. The average Bonchev–Trinajstić information content (AvgIpc) is 2.80. The molecule has 208 valence electrons. The third-order valence-corrected chi connectivity index (χ3v) is 8.15. The first kappa shape index (κ1) is 30.8. The first-order valence-electron chi connectivity index (χ1n) is 11.1. The second-order valence-corrected chi connectivity index (χ2v) is 10.6. The normalized spacial score (nSPS) is 17.9. The molecular weight excluding hydrogens is 638 g/mol. The first-order valence-corrected chi connectivity index (χ1v) is 12.6. The summed E-state index contributed by atoms with van der Waals surface area (Å²) in [5.74, 6) is -8.64. The number of allylic oxidation sites excluding steroid dienone is 1. The Labute approximate surface area is 230 Å². The number of ketones is 1. The third-order valence-electron chi connectivity index (χ3n) is 6.24. The summed E-state index contributed by atoms with van der Waals surface area (Å²) in [4.78, 5) is 12.6. The molecule has 13 heteroatoms. The standard InChI is InChI=1S/C25H18BrCl2F9O/c26-22-18(27)9-14(10-19(22)28)16(24(32,33)34)11-20(29)13-1-2-15(17(8-13)25(35,36)37)21(38)7-12-3-5-23(30,31)6-4-12/h1-2,8-12,16H,3-7H2/b20-11-. The molecule has 0 radical (unpaired) electrons. The van der Waals surface area contributed by atoms with Crippen LogP contribution in [-0.4, -0.2) is 17.9 Å². The van der Waals surface area contributed by atoms with Crippen molar-refractivity contribution in [3.05, 3.63) is 73.2 Å². The van der Waals surface area contributed by atoms with Crippen molar-refractivity contribution in [2.45, 2.75) is 56.3 Å². The fraction of sp³-hybridized carbons (Fsp3) is 0.400. The lowest BCUT2D eigenvalue weighted by Crippen LogP contribution is -2.26. The number of alkyl halides is 8. The van der Waals surface area contributed by atoms with Gasteiger partial charge in [0.2, 0.25) is 5.92 Å². The van der Waals surface area contributed by atoms with Gasteiger partial charge in [-0.3, -0.25) is 4.79 Å². The van der Waals surface area contributed by atoms with Crippen molar-refractivity contribution in [1.82, 2.24) is 0 Å². The van der Waals surface area contributed by atoms with Gasteiger partial charge in [0, 0.05) is 30.4 Å². The Morgan fingerprint density at radius 3 is 2.08 bits per heavy atom. The van der Waals surface area contributed by atoms with E-state index >= 15 is 0 Å². The molecule has 0 bridgehead atoms. The van der Waals surface area contributed by atoms with Crippen LogP contribution in [0.1, 0.15) is 65.1 Å². The second-order valence-electron chi connectivity index (χ2n) is 9.02. The highest BCUT2D eigenvalue weighted by Gasteiger charge is 2.41. The minimum absolute atomic E-state index is 0.0432. The van der Waals surface area contributed by atoms with Crippen LogP contribution in [0.3, 0.4) is 0 Å². The maximum Gasteiger partial charge on any atom is 0.417 e. The molecular formula is C25H18BrCl2F9O. The van der Waals surface area contributed by atoms with Crippen molar-refractivity contribution in [3.8, 4) is 0 Å². The van der Waals surface area contributed by atoms with Gasteiger partial charge in [0.15, 0.2) is 5.78 Å². The fourth-order valence-electron chi connectivity index (χ4n) is 4.22. The lowest BCUT2D eigenvalue weighted by molar-refractivity contribution is -0.140. The molecule has 0 aromatic heterocycles. The van der Waals surface area contributed by atoms with Crippen LogP contribution in [0.5, 0.6) is 0 Å². The molecule has 1 saturated carbocycles. The van der Waals surface area contributed by atoms with E-state index < -0.39 is 83.2 Å². The second kappa shape index (κ2) is 11.4. The van der Waals surface area contributed by atoms with Crippen molar-refractivity contribution in [3.63, 3.8) is 0 Å². The van der Waals surface area contributed by atoms with Gasteiger partial charge >= 0.3 is 12.4 Å². The molecule has 1 unspecified atom stereocenters. The molecule has 0 saturated heterocycles. The van der Waals surface area contributed by atoms with Crippen LogP contribution in [0.15, 0.2) is 40.9 Å². The van der Waals surface area contributed by atoms with Crippen LogP contribution >= 0.6 is 39.1 Å². The largest absolute Gasteiger partial charge is 0.417 e. The van der Waals surface area contributed by atoms with E-state index in [0.717, 1.165) is 18.2 Å². The van der Waals surface area contributed by atoms with E-state index in [1.807, 2.05) is 0 Å². The van der Waals surface area contributed by atoms with E-state index in [2.05, 4.69) is 15.9 Å². The molecule has 1 aliphatic rings. The molecule has 3 rings (SSSR count). The minimum Gasteiger partial charge on any atom is -0.294 e. The van der Waals surface area contributed by atoms with Gasteiger partial charge in [0.05, 0.1) is 20.1 Å². The predicted molar refractivity (Wildman–Crippen MR) is 129 cm³/mol. The van der Waals surface area contributed by atoms with Crippen LogP contribution < -0.4 is 0 Å². The summed E-state index contributed by atoms with van der Waals surface area (Å²) in [5.41, 5.74) is -3.74. The van der Waals surface area contributed by atoms with E-state index in [1.54, 1.807) is 0 Å². The van der Waals surface area contributed by atoms with Gasteiger partial charge in [-0.15, -0.1) is 0 Å². The van der Waals surface area contributed by atoms with E-state index in [4.69, 9.17) is 23.2 Å². The molecule has 0 N–H and O–H groups in total. The maximum atomic E-state index is 15.0. The van der Waals surface area contributed by atoms with Gasteiger partial charge in [0.1, 0.15) is 11.7 Å². The molecule has 0 aliphatic heterocycles. The van der Waals surface area contributed by atoms with E-state index in [-0.39, 0.29) is 39.5 Å². The number of hydrogen-bond donors (Lipinski definition) is 0. The highest BCUT2D eigenvalue weighted by atomic mass is 79.9. The molecule has 38 heavy (non-hydrogen) atoms. The smallest absolute Gasteiger partial charge is 0.294 e. The van der Waals surface area contributed by atoms with E-state index in [9.17, 15) is 44.3 Å². The minimum atomic E-state index is -5.14. The van der Waals surface area contributed by atoms with Crippen molar-refractivity contribution < 1.29 is 44.3 Å². The monoisotopic (exact) mass is 654 g/mol. The highest BCUT2D eigenvalue weighted by Crippen LogP contribution is 2.43. The predicted octanol–water partition coefficient (Wildman–Crippen LogP) is 10.8. The molecule has 1 nitrogen and oxygen atoms in total. The van der Waals surface area contributed by atoms with Crippen LogP contribution in [0, 0.1) is 5.92 Å². The zero-order chi connectivity index (χ0) is 28.6. The Morgan fingerprint density at radius 1 is 1.03 bits per heavy atom. The SMILES string of the molecule is O=C(CC1CCC(F)(F)CC1)c1ccc(/C(F)=C/C(c2cc(Cl)c(Br)c(Cl)c2)C(F)(F)F)cc1C(F)(F)F. The number of carbonyl (C=O) groups is 1. The lowest BCUT2D eigenvalue weighted by Gasteiger charge is -2.28. The van der Waals surface area contributed by atoms with Crippen LogP contribution in [0.25, 0.3) is 5.83 Å². The lowest BCUT2D eigenvalue weighted by atomic mass is 9.82. The van der Waals surface area contributed by atoms with E-state index in [0.29, 0.717) is 6.07 Å². The quantitative estimate of drug-likeness (QED) is 0.172. The van der Waals surface area contributed by atoms with Gasteiger partial charge < -0.3 is 0 Å². The van der Waals surface area contributed by atoms with E-state index in [1.165, 1.54) is 0 Å². The molecule has 1 aliphatic carbocycles. The number of halogens is 12. The first-order chi connectivity index (χ1) is 17.4. The van der Waals surface area contributed by atoms with Crippen LogP contribution in [0.2, 0.25) is 10.0 Å². The molecule has 1 atom stereocenters. The molecule has 1 fully saturated rings.